The van der Waals surface area contributed by atoms with Crippen LogP contribution in [0.15, 0.2) is 35.8 Å². The lowest BCUT2D eigenvalue weighted by molar-refractivity contribution is 1.01. The van der Waals surface area contributed by atoms with E-state index in [0.29, 0.717) is 0 Å². The first-order valence-electron chi connectivity index (χ1n) is 3.95. The van der Waals surface area contributed by atoms with Gasteiger partial charge in [-0.3, -0.25) is 4.79 Å². The molecule has 66 valence electrons. The van der Waals surface area contributed by atoms with Crippen molar-refractivity contribution >= 4 is 0 Å². The van der Waals surface area contributed by atoms with Crippen molar-refractivity contribution in [1.82, 2.24) is 14.5 Å². The molecule has 2 aromatic heterocycles. The summed E-state index contributed by atoms with van der Waals surface area (Å²) in [6, 6.07) is 1.56. The summed E-state index contributed by atoms with van der Waals surface area (Å²) in [5, 5.41) is 0. The third kappa shape index (κ3) is 1.38. The number of nitrogens with one attached hydrogen (secondary N) is 1. The van der Waals surface area contributed by atoms with Crippen LogP contribution in [0.2, 0.25) is 0 Å². The highest BCUT2D eigenvalue weighted by Crippen LogP contribution is 2.08. The van der Waals surface area contributed by atoms with Crippen LogP contribution in [0.4, 0.5) is 0 Å². The van der Waals surface area contributed by atoms with E-state index in [0.717, 1.165) is 11.3 Å². The highest BCUT2D eigenvalue weighted by atomic mass is 16.1. The van der Waals surface area contributed by atoms with Gasteiger partial charge in [0.05, 0.1) is 12.0 Å². The Hall–Kier alpha value is -1.84. The molecule has 0 fully saturated rings. The summed E-state index contributed by atoms with van der Waals surface area (Å²) in [6.45, 7) is 1.89. The van der Waals surface area contributed by atoms with Crippen LogP contribution in [-0.2, 0) is 0 Å². The summed E-state index contributed by atoms with van der Waals surface area (Å²) < 4.78 is 1.85. The van der Waals surface area contributed by atoms with Gasteiger partial charge in [0.2, 0.25) is 5.56 Å². The zero-order chi connectivity index (χ0) is 9.26. The molecule has 0 aromatic carbocycles. The Morgan fingerprint density at radius 1 is 1.54 bits per heavy atom. The summed E-state index contributed by atoms with van der Waals surface area (Å²) in [7, 11) is 0. The molecule has 0 radical (unpaired) electrons. The largest absolute Gasteiger partial charge is 0.327 e. The van der Waals surface area contributed by atoms with Crippen molar-refractivity contribution in [2.75, 3.05) is 0 Å². The van der Waals surface area contributed by atoms with Crippen LogP contribution in [0.25, 0.3) is 5.69 Å². The van der Waals surface area contributed by atoms with Crippen molar-refractivity contribution in [3.05, 3.63) is 46.9 Å². The summed E-state index contributed by atoms with van der Waals surface area (Å²) in [5.41, 5.74) is 1.79. The Kier molecular flexibility index (Phi) is 1.73. The molecule has 4 nitrogen and oxygen atoms in total. The number of aryl methyl sites for hydroxylation is 1. The topological polar surface area (TPSA) is 50.7 Å². The first-order chi connectivity index (χ1) is 6.27. The van der Waals surface area contributed by atoms with Crippen molar-refractivity contribution in [3.63, 3.8) is 0 Å². The molecule has 0 aliphatic rings. The average Bonchev–Trinajstić information content (AvgIpc) is 2.56. The van der Waals surface area contributed by atoms with Crippen LogP contribution >= 0.6 is 0 Å². The van der Waals surface area contributed by atoms with E-state index in [4.69, 9.17) is 0 Å². The lowest BCUT2D eigenvalue weighted by Gasteiger charge is -2.03. The zero-order valence-electron chi connectivity index (χ0n) is 7.19. The maximum atomic E-state index is 10.9. The fourth-order valence-corrected chi connectivity index (χ4v) is 1.25. The van der Waals surface area contributed by atoms with Gasteiger partial charge in [0.15, 0.2) is 0 Å². The molecule has 0 atom stereocenters. The summed E-state index contributed by atoms with van der Waals surface area (Å²) >= 11 is 0. The first-order valence-corrected chi connectivity index (χ1v) is 3.95. The minimum atomic E-state index is -0.0821. The number of aromatic nitrogens is 3. The predicted molar refractivity (Wildman–Crippen MR) is 48.9 cm³/mol. The number of nitrogens with zero attached hydrogens (tertiary/aromatic N) is 2. The molecule has 2 rings (SSSR count). The second-order valence-corrected chi connectivity index (χ2v) is 2.84. The third-order valence-corrected chi connectivity index (χ3v) is 1.89. The molecule has 0 bridgehead atoms. The van der Waals surface area contributed by atoms with Gasteiger partial charge in [-0.25, -0.2) is 4.98 Å². The average molecular weight is 175 g/mol. The van der Waals surface area contributed by atoms with Gasteiger partial charge < -0.3 is 9.55 Å². The Bertz CT molecular complexity index is 456. The summed E-state index contributed by atoms with van der Waals surface area (Å²) in [5.74, 6) is 0. The van der Waals surface area contributed by atoms with Gasteiger partial charge in [-0.1, -0.05) is 0 Å². The Balaban J connectivity index is 2.60. The molecular formula is C9H9N3O. The molecule has 1 N–H and O–H groups in total. The minimum Gasteiger partial charge on any atom is -0.327 e. The molecule has 0 amide bonds. The second-order valence-electron chi connectivity index (χ2n) is 2.84. The number of rotatable bonds is 1. The minimum absolute atomic E-state index is 0.0821. The quantitative estimate of drug-likeness (QED) is 0.699. The molecule has 0 aliphatic carbocycles. The highest BCUT2D eigenvalue weighted by Gasteiger charge is 1.99. The number of H-pyrrole nitrogens is 1. The van der Waals surface area contributed by atoms with Gasteiger partial charge >= 0.3 is 0 Å². The van der Waals surface area contributed by atoms with Gasteiger partial charge in [0.1, 0.15) is 0 Å². The smallest absolute Gasteiger partial charge is 0.248 e. The van der Waals surface area contributed by atoms with Gasteiger partial charge in [-0.2, -0.15) is 0 Å². The Morgan fingerprint density at radius 3 is 3.00 bits per heavy atom. The van der Waals surface area contributed by atoms with Crippen LogP contribution in [0, 0.1) is 6.92 Å². The fourth-order valence-electron chi connectivity index (χ4n) is 1.25. The molecule has 0 saturated heterocycles. The van der Waals surface area contributed by atoms with E-state index >= 15 is 0 Å². The lowest BCUT2D eigenvalue weighted by Crippen LogP contribution is -2.06. The van der Waals surface area contributed by atoms with E-state index in [1.807, 2.05) is 17.7 Å². The summed E-state index contributed by atoms with van der Waals surface area (Å²) in [6.07, 6.45) is 6.91. The number of aromatic amines is 1. The summed E-state index contributed by atoms with van der Waals surface area (Å²) in [4.78, 5) is 17.5. The van der Waals surface area contributed by atoms with E-state index in [-0.39, 0.29) is 5.56 Å². The van der Waals surface area contributed by atoms with Gasteiger partial charge in [0, 0.05) is 24.7 Å². The zero-order valence-corrected chi connectivity index (χ0v) is 7.19. The highest BCUT2D eigenvalue weighted by molar-refractivity contribution is 5.36. The van der Waals surface area contributed by atoms with Gasteiger partial charge in [0.25, 0.3) is 0 Å². The monoisotopic (exact) mass is 175 g/mol. The van der Waals surface area contributed by atoms with E-state index in [2.05, 4.69) is 9.97 Å². The molecule has 0 saturated carbocycles. The molecule has 0 unspecified atom stereocenters. The van der Waals surface area contributed by atoms with Crippen molar-refractivity contribution in [1.29, 1.82) is 0 Å². The van der Waals surface area contributed by atoms with Crippen LogP contribution in [0.1, 0.15) is 5.56 Å². The van der Waals surface area contributed by atoms with E-state index in [9.17, 15) is 4.79 Å². The lowest BCUT2D eigenvalue weighted by atomic mass is 10.2. The van der Waals surface area contributed by atoms with Crippen molar-refractivity contribution in [2.24, 2.45) is 0 Å². The Labute approximate surface area is 74.9 Å². The van der Waals surface area contributed by atoms with Crippen LogP contribution in [0.5, 0.6) is 0 Å². The van der Waals surface area contributed by atoms with Crippen LogP contribution in [0.3, 0.4) is 0 Å². The molecule has 4 heteroatoms. The molecule has 2 aromatic rings. The number of hydrogen-bond acceptors (Lipinski definition) is 2. The van der Waals surface area contributed by atoms with Gasteiger partial charge in [-0.05, 0) is 12.5 Å². The normalized spacial score (nSPS) is 10.2. The maximum absolute atomic E-state index is 10.9. The predicted octanol–water partition coefficient (Wildman–Crippen LogP) is 0.869. The number of pyridine rings is 1. The molecule has 2 heterocycles. The van der Waals surface area contributed by atoms with Crippen LogP contribution in [-0.4, -0.2) is 14.5 Å². The molecule has 0 aliphatic heterocycles. The Morgan fingerprint density at radius 2 is 2.38 bits per heavy atom. The second kappa shape index (κ2) is 2.90. The standard InChI is InChI=1S/C9H9N3O/c1-7-4-9(13)11-5-8(7)12-3-2-10-6-12/h2-6H,1H3,(H,11,13). The van der Waals surface area contributed by atoms with Crippen molar-refractivity contribution in [3.8, 4) is 5.69 Å². The van der Waals surface area contributed by atoms with E-state index in [1.54, 1.807) is 24.8 Å². The molecule has 13 heavy (non-hydrogen) atoms. The van der Waals surface area contributed by atoms with Crippen molar-refractivity contribution < 1.29 is 0 Å². The fraction of sp³-hybridized carbons (Fsp3) is 0.111. The molecule has 0 spiro atoms. The van der Waals surface area contributed by atoms with Gasteiger partial charge in [-0.15, -0.1) is 0 Å². The van der Waals surface area contributed by atoms with Crippen LogP contribution < -0.4 is 5.56 Å². The number of hydrogen-bond donors (Lipinski definition) is 1. The molecular weight excluding hydrogens is 166 g/mol. The third-order valence-electron chi connectivity index (χ3n) is 1.89. The SMILES string of the molecule is Cc1cc(=O)[nH]cc1-n1ccnc1. The maximum Gasteiger partial charge on any atom is 0.248 e. The van der Waals surface area contributed by atoms with E-state index in [1.165, 1.54) is 0 Å². The first kappa shape index (κ1) is 7.79. The van der Waals surface area contributed by atoms with Crippen molar-refractivity contribution in [2.45, 2.75) is 6.92 Å². The van der Waals surface area contributed by atoms with E-state index < -0.39 is 0 Å². The number of imidazole rings is 1.